The van der Waals surface area contributed by atoms with E-state index < -0.39 is 12.7 Å². The highest BCUT2D eigenvalue weighted by Gasteiger charge is 2.18. The van der Waals surface area contributed by atoms with Crippen molar-refractivity contribution in [1.29, 1.82) is 0 Å². The van der Waals surface area contributed by atoms with Crippen LogP contribution in [0.1, 0.15) is 32.8 Å². The lowest BCUT2D eigenvalue weighted by atomic mass is 10.0. The van der Waals surface area contributed by atoms with Gasteiger partial charge in [0, 0.05) is 18.2 Å². The maximum atomic E-state index is 12.5. The average molecular weight is 330 g/mol. The van der Waals surface area contributed by atoms with Crippen LogP contribution in [0.2, 0.25) is 0 Å². The Labute approximate surface area is 135 Å². The number of amides is 1. The van der Waals surface area contributed by atoms with Gasteiger partial charge in [0.15, 0.2) is 0 Å². The molecule has 0 bridgehead atoms. The summed E-state index contributed by atoms with van der Waals surface area (Å²) in [5.41, 5.74) is 6.17. The van der Waals surface area contributed by atoms with E-state index in [2.05, 4.69) is 10.1 Å². The van der Waals surface area contributed by atoms with E-state index in [0.717, 1.165) is 6.42 Å². The molecule has 130 valence electrons. The summed E-state index contributed by atoms with van der Waals surface area (Å²) in [5.74, 6) is 0.0643. The van der Waals surface area contributed by atoms with Gasteiger partial charge >= 0.3 is 6.61 Å². The van der Waals surface area contributed by atoms with Crippen LogP contribution >= 0.6 is 0 Å². The Kier molecular flexibility index (Phi) is 7.74. The van der Waals surface area contributed by atoms with Crippen molar-refractivity contribution in [2.45, 2.75) is 46.4 Å². The first-order valence-electron chi connectivity index (χ1n) is 7.59. The molecule has 1 rings (SSSR count). The van der Waals surface area contributed by atoms with Gasteiger partial charge in [-0.05, 0) is 24.5 Å². The van der Waals surface area contributed by atoms with Crippen molar-refractivity contribution in [3.8, 4) is 11.5 Å². The first-order chi connectivity index (χ1) is 10.8. The Balaban J connectivity index is 2.81. The summed E-state index contributed by atoms with van der Waals surface area (Å²) in [5, 5.41) is 2.63. The van der Waals surface area contributed by atoms with Gasteiger partial charge in [0.05, 0.1) is 12.6 Å². The second kappa shape index (κ2) is 9.29. The van der Waals surface area contributed by atoms with E-state index in [1.807, 2.05) is 20.8 Å². The first-order valence-corrected chi connectivity index (χ1v) is 7.59. The van der Waals surface area contributed by atoms with Crippen molar-refractivity contribution in [3.63, 3.8) is 0 Å². The lowest BCUT2D eigenvalue weighted by Crippen LogP contribution is -2.43. The largest absolute Gasteiger partial charge is 0.493 e. The minimum atomic E-state index is -2.95. The van der Waals surface area contributed by atoms with Crippen LogP contribution in [0.5, 0.6) is 11.5 Å². The highest BCUT2D eigenvalue weighted by molar-refractivity contribution is 5.81. The highest BCUT2D eigenvalue weighted by Crippen LogP contribution is 2.26. The number of carbonyl (C=O) groups is 1. The van der Waals surface area contributed by atoms with Gasteiger partial charge in [-0.15, -0.1) is 0 Å². The van der Waals surface area contributed by atoms with Gasteiger partial charge in [0.25, 0.3) is 0 Å². The molecular formula is C16H24F2N2O3. The summed E-state index contributed by atoms with van der Waals surface area (Å²) < 4.78 is 35.0. The van der Waals surface area contributed by atoms with Gasteiger partial charge < -0.3 is 20.5 Å². The van der Waals surface area contributed by atoms with E-state index >= 15 is 0 Å². The fraction of sp³-hybridized carbons (Fsp3) is 0.562. The van der Waals surface area contributed by atoms with Crippen LogP contribution in [0.15, 0.2) is 18.2 Å². The number of alkyl halides is 2. The van der Waals surface area contributed by atoms with E-state index in [0.29, 0.717) is 17.9 Å². The van der Waals surface area contributed by atoms with Crippen molar-refractivity contribution in [2.75, 3.05) is 6.61 Å². The molecule has 0 aromatic heterocycles. The third kappa shape index (κ3) is 6.40. The number of ether oxygens (including phenoxy) is 2. The molecule has 5 nitrogen and oxygen atoms in total. The third-order valence-electron chi connectivity index (χ3n) is 3.20. The summed E-state index contributed by atoms with van der Waals surface area (Å²) in [6.45, 7) is 3.18. The molecular weight excluding hydrogens is 306 g/mol. The fourth-order valence-corrected chi connectivity index (χ4v) is 1.80. The smallest absolute Gasteiger partial charge is 0.387 e. The number of nitrogens with two attached hydrogens (primary N) is 1. The van der Waals surface area contributed by atoms with Gasteiger partial charge in [-0.2, -0.15) is 8.78 Å². The molecule has 23 heavy (non-hydrogen) atoms. The minimum absolute atomic E-state index is 0.0170. The van der Waals surface area contributed by atoms with Crippen LogP contribution in [0.4, 0.5) is 8.78 Å². The van der Waals surface area contributed by atoms with Crippen LogP contribution in [-0.2, 0) is 11.3 Å². The maximum Gasteiger partial charge on any atom is 0.387 e. The molecule has 1 amide bonds. The van der Waals surface area contributed by atoms with Gasteiger partial charge in [-0.25, -0.2) is 0 Å². The van der Waals surface area contributed by atoms with Gasteiger partial charge in [0.1, 0.15) is 11.5 Å². The number of hydrogen-bond acceptors (Lipinski definition) is 4. The fourth-order valence-electron chi connectivity index (χ4n) is 1.80. The van der Waals surface area contributed by atoms with Gasteiger partial charge in [0.2, 0.25) is 5.91 Å². The van der Waals surface area contributed by atoms with Crippen molar-refractivity contribution in [3.05, 3.63) is 23.8 Å². The van der Waals surface area contributed by atoms with E-state index in [1.165, 1.54) is 6.07 Å². The summed E-state index contributed by atoms with van der Waals surface area (Å²) in [6, 6.07) is 3.98. The molecule has 0 heterocycles. The molecule has 1 aromatic rings. The van der Waals surface area contributed by atoms with Crippen LogP contribution in [0, 0.1) is 5.92 Å². The Morgan fingerprint density at radius 2 is 2.04 bits per heavy atom. The zero-order chi connectivity index (χ0) is 17.4. The average Bonchev–Trinajstić information content (AvgIpc) is 2.50. The Morgan fingerprint density at radius 1 is 1.35 bits per heavy atom. The molecule has 0 fully saturated rings. The predicted octanol–water partition coefficient (Wildman–Crippen LogP) is 2.68. The molecule has 3 N–H and O–H groups in total. The minimum Gasteiger partial charge on any atom is -0.493 e. The SMILES string of the molecule is CCCOc1ccc(CNC(=O)[C@@H](N)C(C)C)c(OC(F)F)c1. The standard InChI is InChI=1S/C16H24F2N2O3/c1-4-7-22-12-6-5-11(13(8-12)23-16(17)18)9-20-15(21)14(19)10(2)3/h5-6,8,10,14,16H,4,7,9,19H2,1-3H3,(H,20,21)/t14-/m0/s1. The number of rotatable bonds is 9. The lowest BCUT2D eigenvalue weighted by molar-refractivity contribution is -0.123. The Bertz CT molecular complexity index is 510. The second-order valence-corrected chi connectivity index (χ2v) is 5.48. The van der Waals surface area contributed by atoms with E-state index in [1.54, 1.807) is 12.1 Å². The molecule has 0 unspecified atom stereocenters. The summed E-state index contributed by atoms with van der Waals surface area (Å²) in [4.78, 5) is 11.8. The Hall–Kier alpha value is -1.89. The number of carbonyl (C=O) groups excluding carboxylic acids is 1. The molecule has 7 heteroatoms. The van der Waals surface area contributed by atoms with Gasteiger partial charge in [-0.1, -0.05) is 20.8 Å². The van der Waals surface area contributed by atoms with Crippen LogP contribution in [0.25, 0.3) is 0 Å². The number of hydrogen-bond donors (Lipinski definition) is 2. The second-order valence-electron chi connectivity index (χ2n) is 5.48. The molecule has 1 atom stereocenters. The summed E-state index contributed by atoms with van der Waals surface area (Å²) in [7, 11) is 0. The molecule has 0 aliphatic carbocycles. The topological polar surface area (TPSA) is 73.6 Å². The molecule has 0 radical (unpaired) electrons. The normalized spacial score (nSPS) is 12.3. The van der Waals surface area contributed by atoms with Crippen molar-refractivity contribution < 1.29 is 23.0 Å². The lowest BCUT2D eigenvalue weighted by Gasteiger charge is -2.17. The molecule has 0 aliphatic rings. The molecule has 1 aromatic carbocycles. The van der Waals surface area contributed by atoms with Crippen molar-refractivity contribution >= 4 is 5.91 Å². The van der Waals surface area contributed by atoms with E-state index in [9.17, 15) is 13.6 Å². The van der Waals surface area contributed by atoms with Gasteiger partial charge in [-0.3, -0.25) is 4.79 Å². The van der Waals surface area contributed by atoms with Crippen LogP contribution in [0.3, 0.4) is 0 Å². The molecule has 0 aliphatic heterocycles. The summed E-state index contributed by atoms with van der Waals surface area (Å²) >= 11 is 0. The zero-order valence-electron chi connectivity index (χ0n) is 13.6. The van der Waals surface area contributed by atoms with E-state index in [-0.39, 0.29) is 24.1 Å². The highest BCUT2D eigenvalue weighted by atomic mass is 19.3. The predicted molar refractivity (Wildman–Crippen MR) is 83.5 cm³/mol. The quantitative estimate of drug-likeness (QED) is 0.730. The number of benzene rings is 1. The maximum absolute atomic E-state index is 12.5. The van der Waals surface area contributed by atoms with Crippen LogP contribution in [-0.4, -0.2) is 25.2 Å². The van der Waals surface area contributed by atoms with Crippen molar-refractivity contribution in [2.24, 2.45) is 11.7 Å². The molecule has 0 saturated heterocycles. The third-order valence-corrected chi connectivity index (χ3v) is 3.20. The zero-order valence-corrected chi connectivity index (χ0v) is 13.6. The molecule has 0 spiro atoms. The number of nitrogens with one attached hydrogen (secondary N) is 1. The number of halogens is 2. The monoisotopic (exact) mass is 330 g/mol. The molecule has 0 saturated carbocycles. The Morgan fingerprint density at radius 3 is 2.61 bits per heavy atom. The first kappa shape index (κ1) is 19.2. The summed E-state index contributed by atoms with van der Waals surface area (Å²) in [6.07, 6.45) is 0.802. The van der Waals surface area contributed by atoms with Crippen LogP contribution < -0.4 is 20.5 Å². The van der Waals surface area contributed by atoms with Crippen molar-refractivity contribution in [1.82, 2.24) is 5.32 Å². The van der Waals surface area contributed by atoms with E-state index in [4.69, 9.17) is 10.5 Å².